The van der Waals surface area contributed by atoms with Crippen molar-refractivity contribution in [3.05, 3.63) is 54.1 Å². The zero-order valence-electron chi connectivity index (χ0n) is 12.9. The fraction of sp³-hybridized carbons (Fsp3) is 0.188. The van der Waals surface area contributed by atoms with Crippen molar-refractivity contribution in [2.24, 2.45) is 0 Å². The SMILES string of the molecule is CCOC(=O)Nc1ccc(S(=O)(=O)Nc2cccc(C)c2)cc1. The zero-order valence-corrected chi connectivity index (χ0v) is 13.7. The molecule has 0 heterocycles. The summed E-state index contributed by atoms with van der Waals surface area (Å²) >= 11 is 0. The predicted octanol–water partition coefficient (Wildman–Crippen LogP) is 3.36. The Balaban J connectivity index is 2.12. The lowest BCUT2D eigenvalue weighted by Crippen LogP contribution is -2.14. The number of anilines is 2. The summed E-state index contributed by atoms with van der Waals surface area (Å²) in [5, 5.41) is 2.50. The van der Waals surface area contributed by atoms with Crippen molar-refractivity contribution in [2.45, 2.75) is 18.7 Å². The summed E-state index contributed by atoms with van der Waals surface area (Å²) < 4.78 is 31.9. The number of sulfonamides is 1. The van der Waals surface area contributed by atoms with Crippen LogP contribution in [0.2, 0.25) is 0 Å². The van der Waals surface area contributed by atoms with Crippen LogP contribution in [0.1, 0.15) is 12.5 Å². The molecule has 0 aliphatic carbocycles. The smallest absolute Gasteiger partial charge is 0.411 e. The van der Waals surface area contributed by atoms with E-state index in [1.165, 1.54) is 24.3 Å². The van der Waals surface area contributed by atoms with Crippen molar-refractivity contribution in [1.82, 2.24) is 0 Å². The third-order valence-corrected chi connectivity index (χ3v) is 4.35. The molecule has 0 radical (unpaired) electrons. The molecule has 2 aromatic rings. The number of amides is 1. The van der Waals surface area contributed by atoms with Crippen molar-refractivity contribution >= 4 is 27.5 Å². The Hall–Kier alpha value is -2.54. The van der Waals surface area contributed by atoms with Crippen LogP contribution < -0.4 is 10.0 Å². The molecule has 0 atom stereocenters. The second-order valence-corrected chi connectivity index (χ2v) is 6.53. The molecule has 0 unspecified atom stereocenters. The molecule has 6 nitrogen and oxygen atoms in total. The van der Waals surface area contributed by atoms with Crippen LogP contribution in [0.3, 0.4) is 0 Å². The lowest BCUT2D eigenvalue weighted by molar-refractivity contribution is 0.168. The van der Waals surface area contributed by atoms with E-state index in [2.05, 4.69) is 10.0 Å². The average molecular weight is 334 g/mol. The topological polar surface area (TPSA) is 84.5 Å². The number of aryl methyl sites for hydroxylation is 1. The summed E-state index contributed by atoms with van der Waals surface area (Å²) in [6.45, 7) is 3.85. The average Bonchev–Trinajstić information content (AvgIpc) is 2.47. The number of carbonyl (C=O) groups is 1. The van der Waals surface area contributed by atoms with Crippen LogP contribution in [-0.2, 0) is 14.8 Å². The fourth-order valence-corrected chi connectivity index (χ4v) is 2.97. The van der Waals surface area contributed by atoms with Crippen molar-refractivity contribution in [2.75, 3.05) is 16.6 Å². The number of rotatable bonds is 5. The number of hydrogen-bond donors (Lipinski definition) is 2. The molecule has 0 fully saturated rings. The molecule has 2 N–H and O–H groups in total. The molecule has 23 heavy (non-hydrogen) atoms. The van der Waals surface area contributed by atoms with Crippen LogP contribution in [0.4, 0.5) is 16.2 Å². The standard InChI is InChI=1S/C16H18N2O4S/c1-3-22-16(19)17-13-7-9-15(10-8-13)23(20,21)18-14-6-4-5-12(2)11-14/h4-11,18H,3H2,1-2H3,(H,17,19). The van der Waals surface area contributed by atoms with Gasteiger partial charge in [0.05, 0.1) is 11.5 Å². The van der Waals surface area contributed by atoms with Gasteiger partial charge in [0.1, 0.15) is 0 Å². The van der Waals surface area contributed by atoms with Crippen LogP contribution in [0, 0.1) is 6.92 Å². The molecule has 1 amide bonds. The summed E-state index contributed by atoms with van der Waals surface area (Å²) in [4.78, 5) is 11.4. The lowest BCUT2D eigenvalue weighted by Gasteiger charge is -2.10. The minimum atomic E-state index is -3.68. The van der Waals surface area contributed by atoms with E-state index in [4.69, 9.17) is 4.74 Å². The van der Waals surface area contributed by atoms with Gasteiger partial charge in [-0.1, -0.05) is 12.1 Å². The van der Waals surface area contributed by atoms with E-state index in [-0.39, 0.29) is 11.5 Å². The van der Waals surface area contributed by atoms with Crippen molar-refractivity contribution in [1.29, 1.82) is 0 Å². The van der Waals surface area contributed by atoms with Crippen LogP contribution in [0.15, 0.2) is 53.4 Å². The molecule has 7 heteroatoms. The van der Waals surface area contributed by atoms with Gasteiger partial charge < -0.3 is 4.74 Å². The van der Waals surface area contributed by atoms with E-state index in [0.717, 1.165) is 5.56 Å². The Bertz CT molecular complexity index is 786. The van der Waals surface area contributed by atoms with Gasteiger partial charge in [-0.2, -0.15) is 0 Å². The minimum absolute atomic E-state index is 0.105. The number of nitrogens with one attached hydrogen (secondary N) is 2. The molecule has 2 aromatic carbocycles. The maximum Gasteiger partial charge on any atom is 0.411 e. The first-order valence-electron chi connectivity index (χ1n) is 7.04. The summed E-state index contributed by atoms with van der Waals surface area (Å²) in [7, 11) is -3.68. The highest BCUT2D eigenvalue weighted by Gasteiger charge is 2.14. The lowest BCUT2D eigenvalue weighted by atomic mass is 10.2. The van der Waals surface area contributed by atoms with Gasteiger partial charge in [0.2, 0.25) is 0 Å². The first-order valence-corrected chi connectivity index (χ1v) is 8.52. The predicted molar refractivity (Wildman–Crippen MR) is 89.1 cm³/mol. The number of benzene rings is 2. The second-order valence-electron chi connectivity index (χ2n) is 4.84. The first-order chi connectivity index (χ1) is 10.9. The Kier molecular flexibility index (Phi) is 5.23. The van der Waals surface area contributed by atoms with E-state index in [1.807, 2.05) is 13.0 Å². The van der Waals surface area contributed by atoms with Gasteiger partial charge in [-0.3, -0.25) is 10.0 Å². The summed E-state index contributed by atoms with van der Waals surface area (Å²) in [5.74, 6) is 0. The monoisotopic (exact) mass is 334 g/mol. The minimum Gasteiger partial charge on any atom is -0.450 e. The maximum atomic E-state index is 12.3. The zero-order chi connectivity index (χ0) is 16.9. The van der Waals surface area contributed by atoms with Crippen LogP contribution in [-0.4, -0.2) is 21.1 Å². The Morgan fingerprint density at radius 3 is 2.39 bits per heavy atom. The van der Waals surface area contributed by atoms with Gasteiger partial charge in [0.15, 0.2) is 0 Å². The van der Waals surface area contributed by atoms with Crippen LogP contribution >= 0.6 is 0 Å². The normalized spacial score (nSPS) is 10.9. The van der Waals surface area contributed by atoms with Crippen molar-refractivity contribution < 1.29 is 17.9 Å². The van der Waals surface area contributed by atoms with Gasteiger partial charge >= 0.3 is 6.09 Å². The van der Waals surface area contributed by atoms with Crippen LogP contribution in [0.5, 0.6) is 0 Å². The quantitative estimate of drug-likeness (QED) is 0.878. The Labute approximate surface area is 135 Å². The highest BCUT2D eigenvalue weighted by Crippen LogP contribution is 2.19. The van der Waals surface area contributed by atoms with Crippen molar-refractivity contribution in [3.8, 4) is 0 Å². The molecule has 0 spiro atoms. The molecular formula is C16H18N2O4S. The molecular weight excluding hydrogens is 316 g/mol. The largest absolute Gasteiger partial charge is 0.450 e. The second kappa shape index (κ2) is 7.15. The number of hydrogen-bond acceptors (Lipinski definition) is 4. The van der Waals surface area contributed by atoms with Gasteiger partial charge in [0.25, 0.3) is 10.0 Å². The molecule has 2 rings (SSSR count). The van der Waals surface area contributed by atoms with E-state index in [9.17, 15) is 13.2 Å². The first kappa shape index (κ1) is 16.8. The third-order valence-electron chi connectivity index (χ3n) is 2.96. The van der Waals surface area contributed by atoms with Gasteiger partial charge in [0, 0.05) is 11.4 Å². The molecule has 0 saturated heterocycles. The third kappa shape index (κ3) is 4.72. The van der Waals surface area contributed by atoms with Crippen molar-refractivity contribution in [3.63, 3.8) is 0 Å². The molecule has 0 aliphatic heterocycles. The van der Waals surface area contributed by atoms with Crippen LogP contribution in [0.25, 0.3) is 0 Å². The van der Waals surface area contributed by atoms with Gasteiger partial charge in [-0.15, -0.1) is 0 Å². The molecule has 0 aliphatic rings. The Morgan fingerprint density at radius 1 is 1.09 bits per heavy atom. The van der Waals surface area contributed by atoms with Gasteiger partial charge in [-0.25, -0.2) is 13.2 Å². The van der Waals surface area contributed by atoms with E-state index in [0.29, 0.717) is 11.4 Å². The summed E-state index contributed by atoms with van der Waals surface area (Å²) in [6.07, 6.45) is -0.582. The molecule has 0 bridgehead atoms. The maximum absolute atomic E-state index is 12.3. The highest BCUT2D eigenvalue weighted by atomic mass is 32.2. The molecule has 0 aromatic heterocycles. The molecule has 122 valence electrons. The fourth-order valence-electron chi connectivity index (χ4n) is 1.93. The van der Waals surface area contributed by atoms with E-state index in [1.54, 1.807) is 25.1 Å². The summed E-state index contributed by atoms with van der Waals surface area (Å²) in [6, 6.07) is 12.9. The highest BCUT2D eigenvalue weighted by molar-refractivity contribution is 7.92. The summed E-state index contributed by atoms with van der Waals surface area (Å²) in [5.41, 5.74) is 1.91. The number of carbonyl (C=O) groups excluding carboxylic acids is 1. The van der Waals surface area contributed by atoms with Gasteiger partial charge in [-0.05, 0) is 55.8 Å². The Morgan fingerprint density at radius 2 is 1.78 bits per heavy atom. The molecule has 0 saturated carbocycles. The van der Waals surface area contributed by atoms with E-state index < -0.39 is 16.1 Å². The van der Waals surface area contributed by atoms with E-state index >= 15 is 0 Å². The number of ether oxygens (including phenoxy) is 1.